The van der Waals surface area contributed by atoms with Crippen LogP contribution in [0.25, 0.3) is 5.78 Å². The molecule has 0 spiro atoms. The van der Waals surface area contributed by atoms with E-state index in [1.807, 2.05) is 10.8 Å². The highest BCUT2D eigenvalue weighted by atomic mass is 19.4. The van der Waals surface area contributed by atoms with Crippen molar-refractivity contribution in [3.63, 3.8) is 0 Å². The van der Waals surface area contributed by atoms with Gasteiger partial charge in [0.15, 0.2) is 0 Å². The van der Waals surface area contributed by atoms with Gasteiger partial charge in [-0.3, -0.25) is 4.79 Å². The van der Waals surface area contributed by atoms with Gasteiger partial charge >= 0.3 is 6.18 Å². The normalized spacial score (nSPS) is 11.9. The minimum Gasteiger partial charge on any atom is -0.356 e. The van der Waals surface area contributed by atoms with E-state index in [1.54, 1.807) is 26.4 Å². The molecule has 27 heavy (non-hydrogen) atoms. The van der Waals surface area contributed by atoms with Crippen LogP contribution in [0.5, 0.6) is 0 Å². The molecule has 11 heteroatoms. The van der Waals surface area contributed by atoms with Crippen LogP contribution in [0.1, 0.15) is 29.2 Å². The second kappa shape index (κ2) is 7.33. The molecule has 0 aliphatic heterocycles. The number of aryl methyl sites for hydroxylation is 3. The molecule has 144 valence electrons. The summed E-state index contributed by atoms with van der Waals surface area (Å²) < 4.78 is 41.4. The highest BCUT2D eigenvalue weighted by Gasteiger charge is 2.37. The number of aromatic nitrogens is 6. The first kappa shape index (κ1) is 18.8. The van der Waals surface area contributed by atoms with Crippen molar-refractivity contribution in [2.24, 2.45) is 0 Å². The van der Waals surface area contributed by atoms with E-state index in [-0.39, 0.29) is 18.1 Å². The Kier molecular flexibility index (Phi) is 5.10. The van der Waals surface area contributed by atoms with Gasteiger partial charge in [-0.2, -0.15) is 18.2 Å². The smallest absolute Gasteiger partial charge is 0.356 e. The third-order valence-corrected chi connectivity index (χ3v) is 4.11. The highest BCUT2D eigenvalue weighted by Crippen LogP contribution is 2.27. The lowest BCUT2D eigenvalue weighted by Gasteiger charge is -2.11. The van der Waals surface area contributed by atoms with E-state index in [9.17, 15) is 18.0 Å². The molecule has 0 saturated heterocycles. The van der Waals surface area contributed by atoms with E-state index in [2.05, 4.69) is 25.4 Å². The molecule has 0 saturated carbocycles. The molecule has 3 aromatic heterocycles. The van der Waals surface area contributed by atoms with Crippen LogP contribution in [0.4, 0.5) is 13.2 Å². The van der Waals surface area contributed by atoms with Crippen LogP contribution < -0.4 is 5.32 Å². The molecule has 0 atom stereocenters. The van der Waals surface area contributed by atoms with Crippen LogP contribution in [-0.2, 0) is 23.9 Å². The van der Waals surface area contributed by atoms with Crippen LogP contribution in [0.2, 0.25) is 0 Å². The number of nitrogens with zero attached hydrogens (tertiary/aromatic N) is 6. The maximum Gasteiger partial charge on any atom is 0.453 e. The van der Waals surface area contributed by atoms with Crippen molar-refractivity contribution in [1.29, 1.82) is 0 Å². The summed E-state index contributed by atoms with van der Waals surface area (Å²) in [5.41, 5.74) is 1.40. The predicted octanol–water partition coefficient (Wildman–Crippen LogP) is 1.71. The maximum absolute atomic E-state index is 12.8. The molecule has 0 radical (unpaired) electrons. The number of alkyl halides is 3. The molecule has 3 rings (SSSR count). The SMILES string of the molecule is Cc1nc2nc(C(F)(F)F)nn2c(C)c1CC(=O)NCCCn1ccnc1. The zero-order valence-corrected chi connectivity index (χ0v) is 14.8. The molecular formula is C16H18F3N7O. The number of amides is 1. The summed E-state index contributed by atoms with van der Waals surface area (Å²) in [6.07, 6.45) is 1.30. The van der Waals surface area contributed by atoms with Gasteiger partial charge in [0.25, 0.3) is 11.6 Å². The quantitative estimate of drug-likeness (QED) is 0.657. The van der Waals surface area contributed by atoms with Gasteiger partial charge in [0, 0.05) is 42.4 Å². The zero-order valence-electron chi connectivity index (χ0n) is 14.8. The van der Waals surface area contributed by atoms with Gasteiger partial charge in [0.2, 0.25) is 5.91 Å². The average molecular weight is 381 g/mol. The lowest BCUT2D eigenvalue weighted by atomic mass is 10.1. The van der Waals surface area contributed by atoms with Crippen molar-refractivity contribution < 1.29 is 18.0 Å². The third kappa shape index (κ3) is 4.23. The lowest BCUT2D eigenvalue weighted by molar-refractivity contribution is -0.144. The molecule has 0 aliphatic rings. The van der Waals surface area contributed by atoms with Gasteiger partial charge in [-0.05, 0) is 20.3 Å². The summed E-state index contributed by atoms with van der Waals surface area (Å²) in [5, 5.41) is 6.27. The van der Waals surface area contributed by atoms with Crippen molar-refractivity contribution >= 4 is 11.7 Å². The number of rotatable bonds is 6. The van der Waals surface area contributed by atoms with E-state index < -0.39 is 12.0 Å². The Balaban J connectivity index is 1.67. The molecule has 0 aliphatic carbocycles. The van der Waals surface area contributed by atoms with E-state index in [0.29, 0.717) is 23.5 Å². The second-order valence-electron chi connectivity index (χ2n) is 6.09. The van der Waals surface area contributed by atoms with Crippen LogP contribution in [0.3, 0.4) is 0 Å². The summed E-state index contributed by atoms with van der Waals surface area (Å²) >= 11 is 0. The number of imidazole rings is 1. The van der Waals surface area contributed by atoms with E-state index in [1.165, 1.54) is 0 Å². The predicted molar refractivity (Wildman–Crippen MR) is 88.8 cm³/mol. The largest absolute Gasteiger partial charge is 0.453 e. The van der Waals surface area contributed by atoms with E-state index >= 15 is 0 Å². The molecule has 1 amide bonds. The summed E-state index contributed by atoms with van der Waals surface area (Å²) in [5.74, 6) is -1.62. The van der Waals surface area contributed by atoms with Crippen LogP contribution in [0.15, 0.2) is 18.7 Å². The highest BCUT2D eigenvalue weighted by molar-refractivity contribution is 5.79. The van der Waals surface area contributed by atoms with Crippen LogP contribution in [-0.4, -0.2) is 41.6 Å². The van der Waals surface area contributed by atoms with Crippen molar-refractivity contribution in [3.8, 4) is 0 Å². The van der Waals surface area contributed by atoms with Crippen LogP contribution >= 0.6 is 0 Å². The Morgan fingerprint density at radius 1 is 1.26 bits per heavy atom. The molecule has 0 bridgehead atoms. The number of nitrogens with one attached hydrogen (secondary N) is 1. The van der Waals surface area contributed by atoms with E-state index in [4.69, 9.17) is 0 Å². The van der Waals surface area contributed by atoms with Gasteiger partial charge in [0.05, 0.1) is 12.7 Å². The Labute approximate surface area is 152 Å². The van der Waals surface area contributed by atoms with Crippen molar-refractivity contribution in [1.82, 2.24) is 34.4 Å². The topological polar surface area (TPSA) is 90.0 Å². The molecule has 3 aromatic rings. The third-order valence-electron chi connectivity index (χ3n) is 4.11. The van der Waals surface area contributed by atoms with Gasteiger partial charge in [-0.1, -0.05) is 0 Å². The first-order valence-electron chi connectivity index (χ1n) is 8.28. The average Bonchev–Trinajstić information content (AvgIpc) is 3.24. The Hall–Kier alpha value is -2.98. The first-order chi connectivity index (χ1) is 12.8. The van der Waals surface area contributed by atoms with Gasteiger partial charge < -0.3 is 9.88 Å². The maximum atomic E-state index is 12.8. The molecule has 3 heterocycles. The Bertz CT molecular complexity index is 947. The number of carbonyl (C=O) groups excluding carboxylic acids is 1. The fraction of sp³-hybridized carbons (Fsp3) is 0.438. The first-order valence-corrected chi connectivity index (χ1v) is 8.28. The van der Waals surface area contributed by atoms with Gasteiger partial charge in [-0.25, -0.2) is 14.5 Å². The summed E-state index contributed by atoms with van der Waals surface area (Å²) in [6, 6.07) is 0. The van der Waals surface area contributed by atoms with E-state index in [0.717, 1.165) is 17.5 Å². The number of hydrogen-bond donors (Lipinski definition) is 1. The second-order valence-corrected chi connectivity index (χ2v) is 6.09. The van der Waals surface area contributed by atoms with Gasteiger partial charge in [-0.15, -0.1) is 5.10 Å². The van der Waals surface area contributed by atoms with Crippen molar-refractivity contribution in [3.05, 3.63) is 41.5 Å². The summed E-state index contributed by atoms with van der Waals surface area (Å²) in [7, 11) is 0. The molecular weight excluding hydrogens is 363 g/mol. The lowest BCUT2D eigenvalue weighted by Crippen LogP contribution is -2.27. The standard InChI is InChI=1S/C16H18F3N7O/c1-10-12(8-13(27)21-4-3-6-25-7-5-20-9-25)11(2)26-15(22-10)23-14(24-26)16(17,18)19/h5,7,9H,3-4,6,8H2,1-2H3,(H,21,27). The monoisotopic (exact) mass is 381 g/mol. The van der Waals surface area contributed by atoms with Gasteiger partial charge in [0.1, 0.15) is 0 Å². The van der Waals surface area contributed by atoms with Crippen LogP contribution in [0, 0.1) is 13.8 Å². The molecule has 0 fully saturated rings. The number of halogens is 3. The fourth-order valence-corrected chi connectivity index (χ4v) is 2.72. The Morgan fingerprint density at radius 3 is 2.70 bits per heavy atom. The Morgan fingerprint density at radius 2 is 2.04 bits per heavy atom. The molecule has 1 N–H and O–H groups in total. The number of hydrogen-bond acceptors (Lipinski definition) is 5. The molecule has 0 unspecified atom stereocenters. The van der Waals surface area contributed by atoms with Crippen molar-refractivity contribution in [2.75, 3.05) is 6.54 Å². The zero-order chi connectivity index (χ0) is 19.6. The number of fused-ring (bicyclic) bond motifs is 1. The fourth-order valence-electron chi connectivity index (χ4n) is 2.72. The summed E-state index contributed by atoms with van der Waals surface area (Å²) in [4.78, 5) is 23.6. The number of carbonyl (C=O) groups is 1. The minimum atomic E-state index is -4.65. The summed E-state index contributed by atoms with van der Waals surface area (Å²) in [6.45, 7) is 4.44. The molecule has 8 nitrogen and oxygen atoms in total. The molecule has 0 aromatic carbocycles. The minimum absolute atomic E-state index is 0.00684. The van der Waals surface area contributed by atoms with Crippen molar-refractivity contribution in [2.45, 2.75) is 39.4 Å².